The maximum atomic E-state index is 14.1. The lowest BCUT2D eigenvalue weighted by atomic mass is 9.88. The maximum Gasteiger partial charge on any atom is 0.573 e. The van der Waals surface area contributed by atoms with Gasteiger partial charge in [0.1, 0.15) is 5.78 Å². The largest absolute Gasteiger partial charge is 0.573 e. The van der Waals surface area contributed by atoms with Crippen molar-refractivity contribution in [3.63, 3.8) is 0 Å². The number of halogens is 4. The summed E-state index contributed by atoms with van der Waals surface area (Å²) >= 11 is 0. The van der Waals surface area contributed by atoms with Crippen LogP contribution in [-0.4, -0.2) is 60.6 Å². The molecule has 2 rings (SSSR count). The average Bonchev–Trinajstić information content (AvgIpc) is 2.60. The number of rotatable bonds is 6. The van der Waals surface area contributed by atoms with Crippen molar-refractivity contribution in [1.82, 2.24) is 9.80 Å². The third-order valence-electron chi connectivity index (χ3n) is 4.75. The van der Waals surface area contributed by atoms with Crippen molar-refractivity contribution in [1.29, 1.82) is 0 Å². The smallest absolute Gasteiger partial charge is 0.403 e. The lowest BCUT2D eigenvalue weighted by Crippen LogP contribution is -2.49. The van der Waals surface area contributed by atoms with Crippen LogP contribution in [0.2, 0.25) is 0 Å². The van der Waals surface area contributed by atoms with Gasteiger partial charge in [-0.3, -0.25) is 14.5 Å². The van der Waals surface area contributed by atoms with E-state index in [9.17, 15) is 27.2 Å². The van der Waals surface area contributed by atoms with Gasteiger partial charge in [-0.15, -0.1) is 13.2 Å². The summed E-state index contributed by atoms with van der Waals surface area (Å²) in [6.07, 6.45) is -4.99. The first-order valence-electron chi connectivity index (χ1n) is 9.04. The average molecular weight is 404 g/mol. The third kappa shape index (κ3) is 5.92. The molecule has 1 aliphatic heterocycles. The summed E-state index contributed by atoms with van der Waals surface area (Å²) in [6, 6.07) is 3.12. The lowest BCUT2D eigenvalue weighted by molar-refractivity contribution is -0.275. The molecule has 0 aliphatic carbocycles. The van der Waals surface area contributed by atoms with Crippen LogP contribution < -0.4 is 4.74 Å². The molecule has 1 aromatic rings. The molecule has 0 bridgehead atoms. The van der Waals surface area contributed by atoms with E-state index in [1.807, 2.05) is 4.90 Å². The number of piperazine rings is 1. The zero-order chi connectivity index (χ0) is 21.1. The van der Waals surface area contributed by atoms with E-state index >= 15 is 0 Å². The molecule has 0 unspecified atom stereocenters. The number of hydrogen-bond donors (Lipinski definition) is 0. The summed E-state index contributed by atoms with van der Waals surface area (Å²) in [4.78, 5) is 27.8. The van der Waals surface area contributed by atoms with Crippen LogP contribution in [-0.2, 0) is 9.59 Å². The molecule has 1 atom stereocenters. The molecule has 0 aromatic heterocycles. The molecule has 9 heteroatoms. The molecule has 0 saturated carbocycles. The minimum atomic E-state index is -4.99. The van der Waals surface area contributed by atoms with Crippen molar-refractivity contribution >= 4 is 11.7 Å². The van der Waals surface area contributed by atoms with E-state index in [1.54, 1.807) is 18.7 Å². The van der Waals surface area contributed by atoms with Crippen LogP contribution in [0.4, 0.5) is 17.6 Å². The highest BCUT2D eigenvalue weighted by molar-refractivity contribution is 5.87. The number of carbonyl (C=O) groups excluding carboxylic acids is 2. The van der Waals surface area contributed by atoms with Gasteiger partial charge in [-0.25, -0.2) is 4.39 Å². The second kappa shape index (κ2) is 8.89. The molecule has 5 nitrogen and oxygen atoms in total. The molecule has 1 saturated heterocycles. The van der Waals surface area contributed by atoms with E-state index in [2.05, 4.69) is 4.74 Å². The normalized spacial score (nSPS) is 16.9. The number of alkyl halides is 3. The Morgan fingerprint density at radius 2 is 1.75 bits per heavy atom. The number of Topliss-reactive ketones (excluding diaryl/α,β-unsaturated/α-hetero) is 1. The predicted molar refractivity (Wildman–Crippen MR) is 94.4 cm³/mol. The summed E-state index contributed by atoms with van der Waals surface area (Å²) in [5.74, 6) is -3.24. The number of carbonyl (C=O) groups is 2. The number of ether oxygens (including phenoxy) is 1. The minimum absolute atomic E-state index is 0.0169. The molecule has 1 aromatic carbocycles. The quantitative estimate of drug-likeness (QED) is 0.684. The molecule has 28 heavy (non-hydrogen) atoms. The SMILES string of the molecule is CC(=O)N1CCN(C[C@H](C(=O)C(C)C)c2ccc(OC(F)(F)F)c(F)c2)CC1. The Balaban J connectivity index is 2.19. The van der Waals surface area contributed by atoms with Crippen molar-refractivity contribution in [2.45, 2.75) is 33.1 Å². The molecule has 1 amide bonds. The van der Waals surface area contributed by atoms with Crippen molar-refractivity contribution in [2.24, 2.45) is 5.92 Å². The van der Waals surface area contributed by atoms with E-state index in [0.29, 0.717) is 38.3 Å². The molecule has 0 radical (unpaired) electrons. The van der Waals surface area contributed by atoms with Crippen LogP contribution in [0.25, 0.3) is 0 Å². The Bertz CT molecular complexity index is 714. The summed E-state index contributed by atoms with van der Waals surface area (Å²) in [5, 5.41) is 0. The predicted octanol–water partition coefficient (Wildman–Crippen LogP) is 3.20. The van der Waals surface area contributed by atoms with Crippen LogP contribution in [0.5, 0.6) is 5.75 Å². The van der Waals surface area contributed by atoms with E-state index in [0.717, 1.165) is 12.1 Å². The summed E-state index contributed by atoms with van der Waals surface area (Å²) in [6.45, 7) is 7.45. The highest BCUT2D eigenvalue weighted by Crippen LogP contribution is 2.30. The van der Waals surface area contributed by atoms with Gasteiger partial charge >= 0.3 is 6.36 Å². The standard InChI is InChI=1S/C19H24F4N2O3/c1-12(2)18(27)15(11-24-6-8-25(9-7-24)13(3)26)14-4-5-17(16(20)10-14)28-19(21,22)23/h4-5,10,12,15H,6-9,11H2,1-3H3/t15-/m0/s1. The van der Waals surface area contributed by atoms with Gasteiger partial charge in [0.05, 0.1) is 5.92 Å². The molecule has 1 heterocycles. The van der Waals surface area contributed by atoms with Crippen LogP contribution in [0.3, 0.4) is 0 Å². The zero-order valence-electron chi connectivity index (χ0n) is 16.1. The minimum Gasteiger partial charge on any atom is -0.403 e. The van der Waals surface area contributed by atoms with Crippen LogP contribution in [0.1, 0.15) is 32.3 Å². The third-order valence-corrected chi connectivity index (χ3v) is 4.75. The number of ketones is 1. The van der Waals surface area contributed by atoms with Gasteiger partial charge in [0, 0.05) is 45.6 Å². The molecule has 0 spiro atoms. The van der Waals surface area contributed by atoms with E-state index in [1.165, 1.54) is 13.0 Å². The van der Waals surface area contributed by atoms with E-state index in [-0.39, 0.29) is 17.6 Å². The zero-order valence-corrected chi connectivity index (χ0v) is 16.1. The highest BCUT2D eigenvalue weighted by atomic mass is 19.4. The summed E-state index contributed by atoms with van der Waals surface area (Å²) in [5.41, 5.74) is 0.305. The van der Waals surface area contributed by atoms with Gasteiger partial charge in [0.2, 0.25) is 5.91 Å². The highest BCUT2D eigenvalue weighted by Gasteiger charge is 2.33. The maximum absolute atomic E-state index is 14.1. The molecular weight excluding hydrogens is 380 g/mol. The number of amides is 1. The van der Waals surface area contributed by atoms with Gasteiger partial charge < -0.3 is 9.64 Å². The van der Waals surface area contributed by atoms with E-state index < -0.39 is 23.8 Å². The van der Waals surface area contributed by atoms with Crippen LogP contribution in [0, 0.1) is 11.7 Å². The van der Waals surface area contributed by atoms with Gasteiger partial charge in [-0.2, -0.15) is 0 Å². The van der Waals surface area contributed by atoms with Gasteiger partial charge in [-0.05, 0) is 17.7 Å². The van der Waals surface area contributed by atoms with Crippen molar-refractivity contribution in [3.8, 4) is 5.75 Å². The first-order chi connectivity index (χ1) is 13.0. The van der Waals surface area contributed by atoms with Crippen molar-refractivity contribution < 1.29 is 31.9 Å². The molecule has 1 fully saturated rings. The molecule has 156 valence electrons. The lowest BCUT2D eigenvalue weighted by Gasteiger charge is -2.36. The van der Waals surface area contributed by atoms with Gasteiger partial charge in [0.25, 0.3) is 0 Å². The van der Waals surface area contributed by atoms with Gasteiger partial charge in [0.15, 0.2) is 11.6 Å². The van der Waals surface area contributed by atoms with Crippen LogP contribution in [0.15, 0.2) is 18.2 Å². The molecule has 0 N–H and O–H groups in total. The Morgan fingerprint density at radius 1 is 1.14 bits per heavy atom. The summed E-state index contributed by atoms with van der Waals surface area (Å²) in [7, 11) is 0. The Hall–Kier alpha value is -2.16. The Labute approximate surface area is 161 Å². The van der Waals surface area contributed by atoms with Crippen molar-refractivity contribution in [2.75, 3.05) is 32.7 Å². The molecular formula is C19H24F4N2O3. The fourth-order valence-electron chi connectivity index (χ4n) is 3.21. The fourth-order valence-corrected chi connectivity index (χ4v) is 3.21. The van der Waals surface area contributed by atoms with Crippen LogP contribution >= 0.6 is 0 Å². The first-order valence-corrected chi connectivity index (χ1v) is 9.04. The Kier molecular flexibility index (Phi) is 7.03. The van der Waals surface area contributed by atoms with Gasteiger partial charge in [-0.1, -0.05) is 19.9 Å². The topological polar surface area (TPSA) is 49.9 Å². The monoisotopic (exact) mass is 404 g/mol. The second-order valence-corrected chi connectivity index (χ2v) is 7.15. The van der Waals surface area contributed by atoms with Crippen molar-refractivity contribution in [3.05, 3.63) is 29.6 Å². The number of hydrogen-bond acceptors (Lipinski definition) is 4. The fraction of sp³-hybridized carbons (Fsp3) is 0.579. The second-order valence-electron chi connectivity index (χ2n) is 7.15. The summed E-state index contributed by atoms with van der Waals surface area (Å²) < 4.78 is 54.8. The first kappa shape index (κ1) is 22.1. The van der Waals surface area contributed by atoms with E-state index in [4.69, 9.17) is 0 Å². The number of nitrogens with zero attached hydrogens (tertiary/aromatic N) is 2. The Morgan fingerprint density at radius 3 is 2.21 bits per heavy atom. The molecule has 1 aliphatic rings. The number of benzene rings is 1.